The number of hydrogen-bond acceptors (Lipinski definition) is 11. The minimum absolute atomic E-state index is 0.0658. The van der Waals surface area contributed by atoms with E-state index in [4.69, 9.17) is 46.0 Å². The Hall–Kier alpha value is -3.34. The lowest BCUT2D eigenvalue weighted by molar-refractivity contribution is -0.139. The van der Waals surface area contributed by atoms with Crippen LogP contribution in [0.25, 0.3) is 0 Å². The highest BCUT2D eigenvalue weighted by Gasteiger charge is 2.23. The van der Waals surface area contributed by atoms with Crippen molar-refractivity contribution < 1.29 is 53.1 Å². The summed E-state index contributed by atoms with van der Waals surface area (Å²) in [4.78, 5) is 45.5. The summed E-state index contributed by atoms with van der Waals surface area (Å²) in [5.74, 6) is -2.87. The molecule has 0 unspecified atom stereocenters. The normalized spacial score (nSPS) is 17.4. The van der Waals surface area contributed by atoms with Crippen molar-refractivity contribution in [3.8, 4) is 5.75 Å². The zero-order valence-electron chi connectivity index (χ0n) is 25.6. The van der Waals surface area contributed by atoms with Crippen molar-refractivity contribution in [1.29, 1.82) is 0 Å². The van der Waals surface area contributed by atoms with Crippen LogP contribution in [0.15, 0.2) is 24.3 Å². The number of carboxylic acids is 1. The molecule has 0 bridgehead atoms. The Morgan fingerprint density at radius 1 is 0.844 bits per heavy atom. The van der Waals surface area contributed by atoms with Gasteiger partial charge in [-0.2, -0.15) is 0 Å². The summed E-state index contributed by atoms with van der Waals surface area (Å²) < 4.78 is 29.3. The molecule has 1 heterocycles. The highest BCUT2D eigenvalue weighted by molar-refractivity contribution is 5.85. The van der Waals surface area contributed by atoms with Crippen LogP contribution in [-0.2, 0) is 49.3 Å². The second-order valence-corrected chi connectivity index (χ2v) is 11.0. The molecule has 15 nitrogen and oxygen atoms in total. The second kappa shape index (κ2) is 21.4. The van der Waals surface area contributed by atoms with Gasteiger partial charge in [-0.25, -0.2) is 0 Å². The van der Waals surface area contributed by atoms with Gasteiger partial charge in [0.05, 0.1) is 64.4 Å². The van der Waals surface area contributed by atoms with Crippen molar-refractivity contribution in [3.05, 3.63) is 29.8 Å². The maximum absolute atomic E-state index is 11.7. The molecule has 0 saturated carbocycles. The number of primary amides is 3. The minimum atomic E-state index is -1.20. The maximum Gasteiger partial charge on any atom is 0.303 e. The Bertz CT molecular complexity index is 1040. The first-order chi connectivity index (χ1) is 21.5. The molecule has 0 spiro atoms. The zero-order valence-corrected chi connectivity index (χ0v) is 25.6. The molecule has 2 rings (SSSR count). The van der Waals surface area contributed by atoms with Crippen LogP contribution < -0.4 is 22.5 Å². The number of nitrogens with one attached hydrogen (secondary N) is 1. The Balaban J connectivity index is 1.89. The Morgan fingerprint density at radius 3 is 2.16 bits per heavy atom. The first-order valence-electron chi connectivity index (χ1n) is 15.1. The van der Waals surface area contributed by atoms with Gasteiger partial charge in [-0.05, 0) is 49.9 Å². The van der Waals surface area contributed by atoms with Crippen LogP contribution in [0.2, 0.25) is 0 Å². The second-order valence-electron chi connectivity index (χ2n) is 11.0. The third-order valence-corrected chi connectivity index (χ3v) is 7.08. The van der Waals surface area contributed by atoms with E-state index in [1.807, 2.05) is 0 Å². The van der Waals surface area contributed by atoms with E-state index in [0.717, 1.165) is 24.9 Å². The molecule has 9 N–H and O–H groups in total. The predicted molar refractivity (Wildman–Crippen MR) is 161 cm³/mol. The van der Waals surface area contributed by atoms with Crippen LogP contribution >= 0.6 is 0 Å². The maximum atomic E-state index is 11.7. The Labute approximate surface area is 263 Å². The van der Waals surface area contributed by atoms with Crippen LogP contribution in [-0.4, -0.2) is 111 Å². The molecule has 1 aromatic rings. The van der Waals surface area contributed by atoms with Crippen molar-refractivity contribution >= 4 is 23.7 Å². The lowest BCUT2D eigenvalue weighted by Crippen LogP contribution is -2.38. The monoisotopic (exact) mass is 640 g/mol. The van der Waals surface area contributed by atoms with Gasteiger partial charge < -0.3 is 56.4 Å². The molecule has 0 radical (unpaired) electrons. The summed E-state index contributed by atoms with van der Waals surface area (Å²) in [6.45, 7) is 1.83. The van der Waals surface area contributed by atoms with Crippen molar-refractivity contribution in [2.75, 3.05) is 46.2 Å². The summed E-state index contributed by atoms with van der Waals surface area (Å²) in [7, 11) is 0. The highest BCUT2D eigenvalue weighted by atomic mass is 16.6. The molecular formula is C30H48N4O11. The highest BCUT2D eigenvalue weighted by Crippen LogP contribution is 2.15. The number of amides is 3. The predicted octanol–water partition coefficient (Wildman–Crippen LogP) is -0.265. The molecule has 0 aromatic heterocycles. The number of aliphatic carboxylic acids is 1. The van der Waals surface area contributed by atoms with Gasteiger partial charge in [-0.3, -0.25) is 19.2 Å². The summed E-state index contributed by atoms with van der Waals surface area (Å²) in [5, 5.41) is 22.1. The SMILES string of the molecule is NC(=O)CC[C@@H](COCCO[C@H](CO[C@@H](CC(N)=O)C(N)=O)Cc1ccc(O)cc1)OC[C@H](CCC(=O)O)OC[C@@H]1CCCN1. The molecule has 0 aliphatic carbocycles. The van der Waals surface area contributed by atoms with Gasteiger partial charge in [0.1, 0.15) is 11.9 Å². The van der Waals surface area contributed by atoms with E-state index in [1.165, 1.54) is 12.1 Å². The molecule has 1 aromatic carbocycles. The summed E-state index contributed by atoms with van der Waals surface area (Å²) >= 11 is 0. The number of nitrogens with two attached hydrogens (primary N) is 3. The number of aromatic hydroxyl groups is 1. The third kappa shape index (κ3) is 17.7. The Kier molecular flexibility index (Phi) is 18.0. The van der Waals surface area contributed by atoms with Crippen molar-refractivity contribution in [1.82, 2.24) is 5.32 Å². The number of rotatable bonds is 26. The van der Waals surface area contributed by atoms with Crippen LogP contribution in [0, 0.1) is 0 Å². The fourth-order valence-electron chi connectivity index (χ4n) is 4.61. The number of phenolic OH excluding ortho intramolecular Hbond substituents is 1. The number of carbonyl (C=O) groups is 4. The summed E-state index contributed by atoms with van der Waals surface area (Å²) in [6, 6.07) is 6.72. The molecule has 3 amide bonds. The fraction of sp³-hybridized carbons (Fsp3) is 0.667. The number of carbonyl (C=O) groups excluding carboxylic acids is 3. The lowest BCUT2D eigenvalue weighted by Gasteiger charge is -2.24. The van der Waals surface area contributed by atoms with Gasteiger partial charge in [-0.15, -0.1) is 0 Å². The van der Waals surface area contributed by atoms with E-state index >= 15 is 0 Å². The first-order valence-corrected chi connectivity index (χ1v) is 15.1. The van der Waals surface area contributed by atoms with E-state index in [-0.39, 0.29) is 70.5 Å². The van der Waals surface area contributed by atoms with Gasteiger partial charge >= 0.3 is 5.97 Å². The molecule has 254 valence electrons. The molecule has 1 aliphatic heterocycles. The molecule has 45 heavy (non-hydrogen) atoms. The van der Waals surface area contributed by atoms with Crippen LogP contribution in [0.1, 0.15) is 50.5 Å². The van der Waals surface area contributed by atoms with Crippen molar-refractivity contribution in [2.45, 2.75) is 81.8 Å². The van der Waals surface area contributed by atoms with E-state index in [0.29, 0.717) is 19.4 Å². The molecule has 15 heteroatoms. The summed E-state index contributed by atoms with van der Waals surface area (Å²) in [6.07, 6.45) is -0.0590. The lowest BCUT2D eigenvalue weighted by atomic mass is 10.1. The van der Waals surface area contributed by atoms with Crippen molar-refractivity contribution in [3.63, 3.8) is 0 Å². The van der Waals surface area contributed by atoms with E-state index in [2.05, 4.69) is 5.32 Å². The van der Waals surface area contributed by atoms with Gasteiger partial charge in [0.15, 0.2) is 0 Å². The fourth-order valence-corrected chi connectivity index (χ4v) is 4.61. The van der Waals surface area contributed by atoms with Crippen LogP contribution in [0.3, 0.4) is 0 Å². The topological polar surface area (TPSA) is 245 Å². The van der Waals surface area contributed by atoms with E-state index in [9.17, 15) is 24.3 Å². The average molecular weight is 641 g/mol. The number of carboxylic acid groups (broad SMARTS) is 1. The average Bonchev–Trinajstić information content (AvgIpc) is 3.51. The quantitative estimate of drug-likeness (QED) is 0.0717. The number of ether oxygens (including phenoxy) is 5. The number of benzene rings is 1. The molecule has 5 atom stereocenters. The third-order valence-electron chi connectivity index (χ3n) is 7.08. The molecule has 1 fully saturated rings. The molecule has 1 aliphatic rings. The smallest absolute Gasteiger partial charge is 0.303 e. The number of hydrogen-bond donors (Lipinski definition) is 6. The first kappa shape index (κ1) is 37.8. The van der Waals surface area contributed by atoms with Gasteiger partial charge in [0.2, 0.25) is 17.7 Å². The van der Waals surface area contributed by atoms with Gasteiger partial charge in [-0.1, -0.05) is 12.1 Å². The van der Waals surface area contributed by atoms with E-state index < -0.39 is 48.1 Å². The molecule has 1 saturated heterocycles. The minimum Gasteiger partial charge on any atom is -0.508 e. The van der Waals surface area contributed by atoms with Crippen LogP contribution in [0.5, 0.6) is 5.75 Å². The van der Waals surface area contributed by atoms with Crippen molar-refractivity contribution in [2.24, 2.45) is 17.2 Å². The number of phenols is 1. The Morgan fingerprint density at radius 2 is 1.53 bits per heavy atom. The van der Waals surface area contributed by atoms with Gasteiger partial charge in [0, 0.05) is 25.3 Å². The zero-order chi connectivity index (χ0) is 33.0. The largest absolute Gasteiger partial charge is 0.508 e. The van der Waals surface area contributed by atoms with Crippen LogP contribution in [0.4, 0.5) is 0 Å². The van der Waals surface area contributed by atoms with Gasteiger partial charge in [0.25, 0.3) is 0 Å². The summed E-state index contributed by atoms with van der Waals surface area (Å²) in [5.41, 5.74) is 16.7. The molecular weight excluding hydrogens is 592 g/mol. The standard InChI is InChI=1S/C30H48N4O11/c31-27(36)9-7-23(44-18-24(8-10-29(38)39)43-16-21-2-1-11-34-21)17-41-12-13-42-25(14-20-3-5-22(35)6-4-20)19-45-26(30(33)40)15-28(32)37/h3-6,21,23-26,34-35H,1-2,7-19H2,(H2,31,36)(H2,32,37)(H2,33,40)(H,38,39)/t21-,23-,24-,25-,26-/m0/s1. The van der Waals surface area contributed by atoms with E-state index in [1.54, 1.807) is 12.1 Å².